The molecule has 0 radical (unpaired) electrons. The molecule has 0 aliphatic heterocycles. The Bertz CT molecular complexity index is 461. The van der Waals surface area contributed by atoms with Crippen LogP contribution < -0.4 is 0 Å². The summed E-state index contributed by atoms with van der Waals surface area (Å²) in [6.07, 6.45) is 6.91. The third-order valence-electron chi connectivity index (χ3n) is 3.97. The first-order valence-corrected chi connectivity index (χ1v) is 7.16. The van der Waals surface area contributed by atoms with Gasteiger partial charge in [0.15, 0.2) is 5.78 Å². The lowest BCUT2D eigenvalue weighted by atomic mass is 9.77. The Kier molecular flexibility index (Phi) is 4.54. The van der Waals surface area contributed by atoms with Crippen molar-refractivity contribution in [2.24, 2.45) is 0 Å². The molecule has 0 spiro atoms. The van der Waals surface area contributed by atoms with Gasteiger partial charge in [0.25, 0.3) is 0 Å². The minimum Gasteiger partial charge on any atom is -0.377 e. The molecule has 2 rings (SSSR count). The lowest BCUT2D eigenvalue weighted by Crippen LogP contribution is -2.40. The normalized spacial score (nSPS) is 25.8. The van der Waals surface area contributed by atoms with Gasteiger partial charge >= 0.3 is 0 Å². The number of Topliss-reactive ketones (excluding diaryl/α,β-unsaturated/α-hetero) is 1. The Morgan fingerprint density at radius 1 is 1.16 bits per heavy atom. The molecule has 0 aromatic heterocycles. The van der Waals surface area contributed by atoms with Crippen LogP contribution in [-0.4, -0.2) is 16.5 Å². The van der Waals surface area contributed by atoms with Crippen molar-refractivity contribution in [1.82, 2.24) is 0 Å². The van der Waals surface area contributed by atoms with Crippen molar-refractivity contribution < 1.29 is 9.90 Å². The van der Waals surface area contributed by atoms with Crippen LogP contribution in [0.2, 0.25) is 0 Å². The quantitative estimate of drug-likeness (QED) is 0.877. The number of carbonyl (C=O) groups excluding carboxylic acids is 1. The van der Waals surface area contributed by atoms with Crippen molar-refractivity contribution in [1.29, 1.82) is 0 Å². The van der Waals surface area contributed by atoms with E-state index in [1.165, 1.54) is 0 Å². The molecule has 1 aliphatic carbocycles. The Morgan fingerprint density at radius 3 is 2.53 bits per heavy atom. The predicted molar refractivity (Wildman–Crippen MR) is 77.8 cm³/mol. The van der Waals surface area contributed by atoms with E-state index < -0.39 is 5.60 Å². The minimum atomic E-state index is -1.30. The molecule has 1 unspecified atom stereocenters. The topological polar surface area (TPSA) is 37.3 Å². The molecule has 1 N–H and O–H groups in total. The van der Waals surface area contributed by atoms with Gasteiger partial charge in [-0.3, -0.25) is 4.79 Å². The van der Waals surface area contributed by atoms with Crippen LogP contribution in [0.5, 0.6) is 0 Å². The molecule has 102 valence electrons. The summed E-state index contributed by atoms with van der Waals surface area (Å²) in [5.41, 5.74) is 0.415. The smallest absolute Gasteiger partial charge is 0.168 e. The van der Waals surface area contributed by atoms with E-state index in [1.54, 1.807) is 0 Å². The zero-order valence-corrected chi connectivity index (χ0v) is 11.6. The maximum Gasteiger partial charge on any atom is 0.168 e. The minimum absolute atomic E-state index is 0.0239. The molecule has 0 saturated heterocycles. The van der Waals surface area contributed by atoms with E-state index in [1.807, 2.05) is 43.3 Å². The van der Waals surface area contributed by atoms with E-state index in [0.717, 1.165) is 36.8 Å². The molecule has 0 amide bonds. The van der Waals surface area contributed by atoms with Crippen molar-refractivity contribution in [2.75, 3.05) is 0 Å². The monoisotopic (exact) mass is 258 g/mol. The molecular weight excluding hydrogens is 236 g/mol. The fourth-order valence-electron chi connectivity index (χ4n) is 2.91. The van der Waals surface area contributed by atoms with E-state index in [9.17, 15) is 9.90 Å². The van der Waals surface area contributed by atoms with Crippen LogP contribution in [0.1, 0.15) is 51.0 Å². The standard InChI is InChI=1S/C17H22O2/c1-2-15(14-10-6-5-7-11-14)17(19)13-9-4-3-8-12-16(17)18/h2,5-7,10-11,19H,3-4,8-9,12-13H2,1H3/b15-2-. The van der Waals surface area contributed by atoms with Gasteiger partial charge in [-0.05, 0) is 37.3 Å². The van der Waals surface area contributed by atoms with Crippen LogP contribution in [0.15, 0.2) is 36.4 Å². The molecule has 1 atom stereocenters. The Labute approximate surface area is 115 Å². The van der Waals surface area contributed by atoms with E-state index in [2.05, 4.69) is 0 Å². The zero-order chi connectivity index (χ0) is 13.7. The Morgan fingerprint density at radius 2 is 1.84 bits per heavy atom. The van der Waals surface area contributed by atoms with Crippen molar-refractivity contribution in [3.8, 4) is 0 Å². The lowest BCUT2D eigenvalue weighted by Gasteiger charge is -2.31. The van der Waals surface area contributed by atoms with Crippen molar-refractivity contribution in [2.45, 2.75) is 51.0 Å². The molecule has 19 heavy (non-hydrogen) atoms. The van der Waals surface area contributed by atoms with Gasteiger partial charge in [0.05, 0.1) is 0 Å². The number of carbonyl (C=O) groups is 1. The van der Waals surface area contributed by atoms with Crippen LogP contribution in [0.25, 0.3) is 5.57 Å². The average Bonchev–Trinajstić information content (AvgIpc) is 2.42. The molecule has 2 nitrogen and oxygen atoms in total. The third-order valence-corrected chi connectivity index (χ3v) is 3.97. The molecule has 2 heteroatoms. The Balaban J connectivity index is 2.36. The number of allylic oxidation sites excluding steroid dienone is 1. The molecule has 1 saturated carbocycles. The van der Waals surface area contributed by atoms with E-state index >= 15 is 0 Å². The number of hydrogen-bond acceptors (Lipinski definition) is 2. The highest BCUT2D eigenvalue weighted by Gasteiger charge is 2.39. The summed E-state index contributed by atoms with van der Waals surface area (Å²) in [7, 11) is 0. The predicted octanol–water partition coefficient (Wildman–Crippen LogP) is 3.74. The second-order valence-corrected chi connectivity index (χ2v) is 5.27. The number of ketones is 1. The number of rotatable bonds is 2. The highest BCUT2D eigenvalue weighted by Crippen LogP contribution is 2.35. The highest BCUT2D eigenvalue weighted by molar-refractivity contribution is 6.00. The number of benzene rings is 1. The Hall–Kier alpha value is -1.41. The van der Waals surface area contributed by atoms with Crippen LogP contribution in [0.3, 0.4) is 0 Å². The maximum atomic E-state index is 12.4. The maximum absolute atomic E-state index is 12.4. The second-order valence-electron chi connectivity index (χ2n) is 5.27. The largest absolute Gasteiger partial charge is 0.377 e. The molecule has 1 aromatic rings. The van der Waals surface area contributed by atoms with Gasteiger partial charge in [0.1, 0.15) is 5.60 Å². The molecule has 1 fully saturated rings. The summed E-state index contributed by atoms with van der Waals surface area (Å²) in [6.45, 7) is 1.90. The van der Waals surface area contributed by atoms with Crippen LogP contribution in [0, 0.1) is 0 Å². The van der Waals surface area contributed by atoms with Gasteiger partial charge < -0.3 is 5.11 Å². The van der Waals surface area contributed by atoms with Gasteiger partial charge in [-0.2, -0.15) is 0 Å². The van der Waals surface area contributed by atoms with Gasteiger partial charge in [-0.15, -0.1) is 0 Å². The van der Waals surface area contributed by atoms with Crippen molar-refractivity contribution >= 4 is 11.4 Å². The van der Waals surface area contributed by atoms with E-state index in [-0.39, 0.29) is 5.78 Å². The summed E-state index contributed by atoms with van der Waals surface area (Å²) < 4.78 is 0. The van der Waals surface area contributed by atoms with Gasteiger partial charge in [0.2, 0.25) is 0 Å². The summed E-state index contributed by atoms with van der Waals surface area (Å²) in [5, 5.41) is 10.9. The first kappa shape index (κ1) is 14.0. The van der Waals surface area contributed by atoms with Gasteiger partial charge in [0, 0.05) is 6.42 Å². The number of hydrogen-bond donors (Lipinski definition) is 1. The van der Waals surface area contributed by atoms with Crippen molar-refractivity contribution in [3.63, 3.8) is 0 Å². The van der Waals surface area contributed by atoms with Crippen LogP contribution >= 0.6 is 0 Å². The molecule has 1 aliphatic rings. The highest BCUT2D eigenvalue weighted by atomic mass is 16.3. The average molecular weight is 258 g/mol. The fraction of sp³-hybridized carbons (Fsp3) is 0.471. The third kappa shape index (κ3) is 2.95. The summed E-state index contributed by atoms with van der Waals surface area (Å²) in [5.74, 6) is -0.0239. The van der Waals surface area contributed by atoms with E-state index in [4.69, 9.17) is 0 Å². The first-order chi connectivity index (χ1) is 9.18. The molecule has 0 bridgehead atoms. The first-order valence-electron chi connectivity index (χ1n) is 7.16. The van der Waals surface area contributed by atoms with Crippen LogP contribution in [0.4, 0.5) is 0 Å². The SMILES string of the molecule is C/C=C(/c1ccccc1)C1(O)CCCCCCC1=O. The van der Waals surface area contributed by atoms with E-state index in [0.29, 0.717) is 12.8 Å². The molecular formula is C17H22O2. The molecule has 1 aromatic carbocycles. The van der Waals surface area contributed by atoms with Gasteiger partial charge in [-0.25, -0.2) is 0 Å². The van der Waals surface area contributed by atoms with Crippen LogP contribution in [-0.2, 0) is 4.79 Å². The fourth-order valence-corrected chi connectivity index (χ4v) is 2.91. The molecule has 0 heterocycles. The second kappa shape index (κ2) is 6.16. The zero-order valence-electron chi connectivity index (χ0n) is 11.6. The number of aliphatic hydroxyl groups is 1. The van der Waals surface area contributed by atoms with Gasteiger partial charge in [-0.1, -0.05) is 49.2 Å². The lowest BCUT2D eigenvalue weighted by molar-refractivity contribution is -0.133. The summed E-state index contributed by atoms with van der Waals surface area (Å²) >= 11 is 0. The van der Waals surface area contributed by atoms with Crippen molar-refractivity contribution in [3.05, 3.63) is 42.0 Å². The summed E-state index contributed by atoms with van der Waals surface area (Å²) in [6, 6.07) is 9.74. The summed E-state index contributed by atoms with van der Waals surface area (Å²) in [4.78, 5) is 12.4.